The Morgan fingerprint density at radius 2 is 0.900 bits per heavy atom. The zero-order valence-corrected chi connectivity index (χ0v) is 33.9. The first-order valence-corrected chi connectivity index (χ1v) is 20.0. The van der Waals surface area contributed by atoms with Crippen LogP contribution in [0.2, 0.25) is 0 Å². The Hall–Kier alpha value is -4.97. The molecule has 2 saturated heterocycles. The maximum absolute atomic E-state index is 13.4. The van der Waals surface area contributed by atoms with Crippen LogP contribution in [0.25, 0.3) is 0 Å². The zero-order valence-electron chi connectivity index (χ0n) is 33.9. The SMILES string of the molecule is CCC(OC(=O)OC(CC)[C@@H]1O[C@@H](Oc2ccccc2Cc2ccc(OC)cc2)[C@H](O)[C@@H](O)[C@H]1O)[C@@H]1O[C@@H](Oc2ccccc2Cc2ccc(OC)cc2)[C@H](O)[C@@H](O)[C@H]1O. The van der Waals surface area contributed by atoms with E-state index in [1.165, 1.54) is 0 Å². The van der Waals surface area contributed by atoms with Crippen LogP contribution in [-0.4, -0.2) is 125 Å². The summed E-state index contributed by atoms with van der Waals surface area (Å²) in [5, 5.41) is 65.8. The number of carbonyl (C=O) groups is 1. The molecule has 2 aliphatic rings. The number of benzene rings is 4. The summed E-state index contributed by atoms with van der Waals surface area (Å²) in [6.45, 7) is 3.31. The molecule has 6 N–H and O–H groups in total. The van der Waals surface area contributed by atoms with E-state index in [4.69, 9.17) is 37.9 Å². The van der Waals surface area contributed by atoms with Crippen molar-refractivity contribution in [2.45, 2.75) is 113 Å². The van der Waals surface area contributed by atoms with Crippen LogP contribution in [0.15, 0.2) is 97.1 Å². The van der Waals surface area contributed by atoms with Crippen LogP contribution < -0.4 is 18.9 Å². The van der Waals surface area contributed by atoms with E-state index in [9.17, 15) is 35.4 Å². The van der Waals surface area contributed by atoms with E-state index in [1.807, 2.05) is 72.8 Å². The molecule has 0 radical (unpaired) electrons. The molecule has 12 atom stereocenters. The molecule has 60 heavy (non-hydrogen) atoms. The second-order valence-electron chi connectivity index (χ2n) is 14.8. The fraction of sp³-hybridized carbons (Fsp3) is 0.444. The predicted octanol–water partition coefficient (Wildman–Crippen LogP) is 3.67. The first-order chi connectivity index (χ1) is 28.9. The maximum Gasteiger partial charge on any atom is 0.509 e. The summed E-state index contributed by atoms with van der Waals surface area (Å²) in [5.74, 6) is 2.14. The quantitative estimate of drug-likeness (QED) is 0.0890. The number of para-hydroxylation sites is 2. The summed E-state index contributed by atoms with van der Waals surface area (Å²) in [7, 11) is 3.17. The normalized spacial score (nSPS) is 27.6. The van der Waals surface area contributed by atoms with Crippen molar-refractivity contribution in [1.29, 1.82) is 0 Å². The molecular weight excluding hydrogens is 780 g/mol. The minimum atomic E-state index is -1.74. The Balaban J connectivity index is 1.11. The lowest BCUT2D eigenvalue weighted by atomic mass is 9.94. The standard InChI is InChI=1S/C45H54O15/c1-5-31(41-37(48)35(46)39(50)43(59-41)55-33-13-9-7-11-27(33)23-25-15-19-29(53-3)20-16-25)57-45(52)58-32(6-2)42-38(49)36(47)40(51)44(60-42)56-34-14-10-8-12-28(34)24-26-17-21-30(54-4)22-18-26/h7-22,31-32,35-44,46-51H,5-6,23-24H2,1-4H3/t31?,32?,35-,36-,37+,38+,39+,40+,41-,42-,43+,44+/m0/s1. The molecule has 4 aromatic rings. The third kappa shape index (κ3) is 10.5. The highest BCUT2D eigenvalue weighted by Gasteiger charge is 2.51. The first kappa shape index (κ1) is 44.6. The largest absolute Gasteiger partial charge is 0.509 e. The van der Waals surface area contributed by atoms with Crippen LogP contribution in [0, 0.1) is 0 Å². The van der Waals surface area contributed by atoms with Crippen molar-refractivity contribution in [3.63, 3.8) is 0 Å². The monoisotopic (exact) mass is 834 g/mol. The van der Waals surface area contributed by atoms with Gasteiger partial charge in [-0.1, -0.05) is 74.5 Å². The van der Waals surface area contributed by atoms with Crippen molar-refractivity contribution >= 4 is 6.16 Å². The van der Waals surface area contributed by atoms with E-state index in [2.05, 4.69) is 0 Å². The molecule has 4 aromatic carbocycles. The van der Waals surface area contributed by atoms with Gasteiger partial charge in [0.15, 0.2) is 0 Å². The predicted molar refractivity (Wildman–Crippen MR) is 215 cm³/mol. The fourth-order valence-corrected chi connectivity index (χ4v) is 7.30. The number of ether oxygens (including phenoxy) is 8. The number of carbonyl (C=O) groups excluding carboxylic acids is 1. The van der Waals surface area contributed by atoms with Crippen molar-refractivity contribution in [2.75, 3.05) is 14.2 Å². The van der Waals surface area contributed by atoms with Crippen LogP contribution in [0.5, 0.6) is 23.0 Å². The molecule has 0 saturated carbocycles. The van der Waals surface area contributed by atoms with Crippen LogP contribution in [0.3, 0.4) is 0 Å². The topological polar surface area (TPSA) is 212 Å². The highest BCUT2D eigenvalue weighted by molar-refractivity contribution is 5.60. The summed E-state index contributed by atoms with van der Waals surface area (Å²) in [4.78, 5) is 13.4. The number of hydrogen-bond donors (Lipinski definition) is 6. The van der Waals surface area contributed by atoms with Gasteiger partial charge in [0.1, 0.15) is 84.0 Å². The molecule has 15 nitrogen and oxygen atoms in total. The van der Waals surface area contributed by atoms with E-state index in [0.29, 0.717) is 35.8 Å². The highest BCUT2D eigenvalue weighted by atomic mass is 16.8. The van der Waals surface area contributed by atoms with Gasteiger partial charge >= 0.3 is 6.16 Å². The highest BCUT2D eigenvalue weighted by Crippen LogP contribution is 2.33. The van der Waals surface area contributed by atoms with Crippen molar-refractivity contribution in [2.24, 2.45) is 0 Å². The Morgan fingerprint density at radius 3 is 1.25 bits per heavy atom. The minimum absolute atomic E-state index is 0.0799. The van der Waals surface area contributed by atoms with Gasteiger partial charge in [-0.25, -0.2) is 4.79 Å². The van der Waals surface area contributed by atoms with Gasteiger partial charge in [-0.2, -0.15) is 0 Å². The van der Waals surface area contributed by atoms with Crippen molar-refractivity contribution in [1.82, 2.24) is 0 Å². The molecule has 6 rings (SSSR count). The maximum atomic E-state index is 13.4. The van der Waals surface area contributed by atoms with E-state index in [1.54, 1.807) is 52.3 Å². The second kappa shape index (κ2) is 20.5. The summed E-state index contributed by atoms with van der Waals surface area (Å²) < 4.78 is 46.0. The number of rotatable bonds is 16. The van der Waals surface area contributed by atoms with Gasteiger partial charge < -0.3 is 68.5 Å². The molecule has 15 heteroatoms. The number of methoxy groups -OCH3 is 2. The van der Waals surface area contributed by atoms with Crippen LogP contribution in [0.1, 0.15) is 48.9 Å². The van der Waals surface area contributed by atoms with Crippen LogP contribution in [0.4, 0.5) is 4.79 Å². The van der Waals surface area contributed by atoms with E-state index in [-0.39, 0.29) is 12.8 Å². The second-order valence-corrected chi connectivity index (χ2v) is 14.8. The van der Waals surface area contributed by atoms with E-state index in [0.717, 1.165) is 22.3 Å². The molecule has 2 aliphatic heterocycles. The van der Waals surface area contributed by atoms with Crippen LogP contribution >= 0.6 is 0 Å². The molecule has 0 bridgehead atoms. The average molecular weight is 835 g/mol. The lowest BCUT2D eigenvalue weighted by molar-refractivity contribution is -0.294. The fourth-order valence-electron chi connectivity index (χ4n) is 7.30. The lowest BCUT2D eigenvalue weighted by Crippen LogP contribution is -2.63. The Bertz CT molecular complexity index is 1820. The number of aliphatic hydroxyl groups excluding tert-OH is 6. The van der Waals surface area contributed by atoms with Gasteiger partial charge in [-0.05, 0) is 71.5 Å². The zero-order chi connectivity index (χ0) is 42.9. The Labute approximate surface area is 348 Å². The third-order valence-corrected chi connectivity index (χ3v) is 10.8. The average Bonchev–Trinajstić information content (AvgIpc) is 3.27. The number of aliphatic hydroxyl groups is 6. The molecule has 0 amide bonds. The third-order valence-electron chi connectivity index (χ3n) is 10.8. The number of hydrogen-bond acceptors (Lipinski definition) is 15. The summed E-state index contributed by atoms with van der Waals surface area (Å²) >= 11 is 0. The molecule has 0 aliphatic carbocycles. The lowest BCUT2D eigenvalue weighted by Gasteiger charge is -2.43. The molecule has 0 aromatic heterocycles. The molecule has 2 unspecified atom stereocenters. The van der Waals surface area contributed by atoms with Gasteiger partial charge in [0, 0.05) is 12.8 Å². The molecule has 324 valence electrons. The van der Waals surface area contributed by atoms with Gasteiger partial charge in [-0.15, -0.1) is 0 Å². The van der Waals surface area contributed by atoms with Crippen molar-refractivity contribution in [3.8, 4) is 23.0 Å². The van der Waals surface area contributed by atoms with Crippen molar-refractivity contribution < 1.29 is 73.3 Å². The Kier molecular flexibility index (Phi) is 15.3. The van der Waals surface area contributed by atoms with Crippen LogP contribution in [-0.2, 0) is 31.8 Å². The smallest absolute Gasteiger partial charge is 0.497 e. The van der Waals surface area contributed by atoms with Gasteiger partial charge in [0.25, 0.3) is 0 Å². The van der Waals surface area contributed by atoms with Gasteiger partial charge in [-0.3, -0.25) is 0 Å². The molecule has 2 fully saturated rings. The van der Waals surface area contributed by atoms with E-state index >= 15 is 0 Å². The Morgan fingerprint density at radius 1 is 0.533 bits per heavy atom. The summed E-state index contributed by atoms with van der Waals surface area (Å²) in [5.41, 5.74) is 3.42. The van der Waals surface area contributed by atoms with E-state index < -0.39 is 79.8 Å². The molecule has 0 spiro atoms. The summed E-state index contributed by atoms with van der Waals surface area (Å²) in [6.07, 6.45) is -18.5. The first-order valence-electron chi connectivity index (χ1n) is 20.0. The molecule has 2 heterocycles. The van der Waals surface area contributed by atoms with Gasteiger partial charge in [0.05, 0.1) is 14.2 Å². The van der Waals surface area contributed by atoms with Crippen molar-refractivity contribution in [3.05, 3.63) is 119 Å². The summed E-state index contributed by atoms with van der Waals surface area (Å²) in [6, 6.07) is 29.2. The molecular formula is C45H54O15. The minimum Gasteiger partial charge on any atom is -0.497 e. The van der Waals surface area contributed by atoms with Gasteiger partial charge in [0.2, 0.25) is 12.6 Å².